The highest BCUT2D eigenvalue weighted by molar-refractivity contribution is 7.99. The molecule has 0 saturated carbocycles. The molecule has 3 aliphatic rings. The Morgan fingerprint density at radius 1 is 1.00 bits per heavy atom. The number of carbonyl (C=O) groups is 2. The lowest BCUT2D eigenvalue weighted by Gasteiger charge is -2.36. The van der Waals surface area contributed by atoms with E-state index in [9.17, 15) is 18.4 Å². The van der Waals surface area contributed by atoms with E-state index in [2.05, 4.69) is 10.2 Å². The molecule has 1 N–H and O–H groups in total. The summed E-state index contributed by atoms with van der Waals surface area (Å²) in [6.07, 6.45) is 3.16. The Morgan fingerprint density at radius 3 is 2.43 bits per heavy atom. The summed E-state index contributed by atoms with van der Waals surface area (Å²) in [5, 5.41) is 3.02. The maximum absolute atomic E-state index is 14.0. The molecular weight excluding hydrogens is 466 g/mol. The van der Waals surface area contributed by atoms with Gasteiger partial charge in [-0.25, -0.2) is 8.78 Å². The number of halogens is 2. The van der Waals surface area contributed by atoms with Crippen LogP contribution in [0, 0.1) is 17.6 Å². The molecule has 3 heterocycles. The van der Waals surface area contributed by atoms with Gasteiger partial charge in [0.25, 0.3) is 0 Å². The van der Waals surface area contributed by atoms with E-state index in [1.165, 1.54) is 30.3 Å². The molecule has 0 bridgehead atoms. The number of thioether (sulfide) groups is 1. The van der Waals surface area contributed by atoms with Crippen LogP contribution in [0.4, 0.5) is 14.5 Å². The first kappa shape index (κ1) is 22.2. The molecule has 4 nitrogen and oxygen atoms in total. The molecule has 1 spiro atoms. The van der Waals surface area contributed by atoms with Crippen molar-refractivity contribution in [3.63, 3.8) is 0 Å². The minimum absolute atomic E-state index is 0.0597. The number of allylic oxidation sites excluding steroid dienone is 1. The van der Waals surface area contributed by atoms with E-state index in [0.717, 1.165) is 16.9 Å². The lowest BCUT2D eigenvalue weighted by molar-refractivity contribution is -0.134. The third-order valence-corrected chi connectivity index (χ3v) is 8.44. The van der Waals surface area contributed by atoms with Gasteiger partial charge in [0.2, 0.25) is 5.91 Å². The Labute approximate surface area is 206 Å². The highest BCUT2D eigenvalue weighted by Crippen LogP contribution is 2.60. The summed E-state index contributed by atoms with van der Waals surface area (Å²) in [5.41, 5.74) is 1.89. The van der Waals surface area contributed by atoms with Gasteiger partial charge in [-0.15, -0.1) is 11.8 Å². The highest BCUT2D eigenvalue weighted by Gasteiger charge is 2.69. The van der Waals surface area contributed by atoms with Crippen LogP contribution < -0.4 is 5.32 Å². The van der Waals surface area contributed by atoms with Gasteiger partial charge in [0.05, 0.1) is 5.92 Å². The van der Waals surface area contributed by atoms with Crippen molar-refractivity contribution in [3.8, 4) is 0 Å². The summed E-state index contributed by atoms with van der Waals surface area (Å²) >= 11 is 1.74. The van der Waals surface area contributed by atoms with E-state index in [-0.39, 0.29) is 35.3 Å². The lowest BCUT2D eigenvalue weighted by Crippen LogP contribution is -2.52. The molecule has 7 heteroatoms. The number of hydrogen-bond donors (Lipinski definition) is 1. The maximum atomic E-state index is 14.0. The number of carbonyl (C=O) groups excluding carboxylic acids is 2. The zero-order valence-corrected chi connectivity index (χ0v) is 19.5. The highest BCUT2D eigenvalue weighted by atomic mass is 32.2. The van der Waals surface area contributed by atoms with Crippen molar-refractivity contribution < 1.29 is 18.4 Å². The fourth-order valence-electron chi connectivity index (χ4n) is 5.98. The zero-order chi connectivity index (χ0) is 24.2. The van der Waals surface area contributed by atoms with Gasteiger partial charge >= 0.3 is 0 Å². The van der Waals surface area contributed by atoms with Gasteiger partial charge in [0.1, 0.15) is 17.2 Å². The second-order valence-electron chi connectivity index (χ2n) is 9.15. The third kappa shape index (κ3) is 3.37. The standard InChI is InChI=1S/C28H22F2N2O2S/c29-19-10-5-17(6-11-19)7-14-24(33)26-25(18-8-12-20(30)13-9-18)23-15-35-16-32(23)28(26)21-3-1-2-4-22(21)31-27(28)34/h1-14,23,25-26H,15-16H2,(H,31,34)/b14-7+/t23-,25-,26+,28+/m1/s1. The number of anilines is 1. The van der Waals surface area contributed by atoms with Gasteiger partial charge < -0.3 is 5.32 Å². The first-order valence-corrected chi connectivity index (χ1v) is 12.6. The molecule has 0 aromatic heterocycles. The molecule has 3 aliphatic heterocycles. The van der Waals surface area contributed by atoms with Crippen LogP contribution in [-0.4, -0.2) is 34.3 Å². The van der Waals surface area contributed by atoms with E-state index in [1.54, 1.807) is 42.1 Å². The van der Waals surface area contributed by atoms with Gasteiger partial charge in [0, 0.05) is 34.8 Å². The number of fused-ring (bicyclic) bond motifs is 4. The predicted octanol–water partition coefficient (Wildman–Crippen LogP) is 5.18. The normalized spacial score (nSPS) is 27.4. The van der Waals surface area contributed by atoms with Crippen molar-refractivity contribution in [3.05, 3.63) is 107 Å². The number of nitrogens with one attached hydrogen (secondary N) is 1. The number of hydrogen-bond acceptors (Lipinski definition) is 4. The summed E-state index contributed by atoms with van der Waals surface area (Å²) in [6, 6.07) is 19.6. The fourth-order valence-corrected chi connectivity index (χ4v) is 7.30. The average Bonchev–Trinajstić information content (AvgIpc) is 3.52. The minimum Gasteiger partial charge on any atom is -0.324 e. The average molecular weight is 489 g/mol. The van der Waals surface area contributed by atoms with Gasteiger partial charge in [0.15, 0.2) is 5.78 Å². The van der Waals surface area contributed by atoms with E-state index in [1.807, 2.05) is 24.3 Å². The Hall–Kier alpha value is -3.29. The molecule has 4 atom stereocenters. The minimum atomic E-state index is -1.16. The number of para-hydroxylation sites is 1. The number of amides is 1. The smallest absolute Gasteiger partial charge is 0.250 e. The summed E-state index contributed by atoms with van der Waals surface area (Å²) < 4.78 is 27.1. The van der Waals surface area contributed by atoms with Gasteiger partial charge in [-0.3, -0.25) is 14.5 Å². The van der Waals surface area contributed by atoms with Crippen molar-refractivity contribution in [2.75, 3.05) is 16.9 Å². The molecule has 3 aromatic carbocycles. The molecule has 0 aliphatic carbocycles. The second-order valence-corrected chi connectivity index (χ2v) is 10.1. The molecule has 1 amide bonds. The first-order chi connectivity index (χ1) is 17.0. The van der Waals surface area contributed by atoms with Crippen LogP contribution in [-0.2, 0) is 15.1 Å². The SMILES string of the molecule is O=C(/C=C/c1ccc(F)cc1)[C@H]1[C@H](c2ccc(F)cc2)[C@H]2CSCN2[C@]12C(=O)Nc1ccccc12. The first-order valence-electron chi connectivity index (χ1n) is 11.5. The summed E-state index contributed by atoms with van der Waals surface area (Å²) in [6.45, 7) is 0. The van der Waals surface area contributed by atoms with Crippen molar-refractivity contribution in [2.45, 2.75) is 17.5 Å². The molecule has 35 heavy (non-hydrogen) atoms. The van der Waals surface area contributed by atoms with E-state index in [0.29, 0.717) is 17.1 Å². The number of nitrogens with zero attached hydrogens (tertiary/aromatic N) is 1. The van der Waals surface area contributed by atoms with Crippen LogP contribution in [0.3, 0.4) is 0 Å². The van der Waals surface area contributed by atoms with Crippen molar-refractivity contribution in [1.82, 2.24) is 4.90 Å². The van der Waals surface area contributed by atoms with E-state index < -0.39 is 11.5 Å². The fraction of sp³-hybridized carbons (Fsp3) is 0.214. The Balaban J connectivity index is 1.52. The van der Waals surface area contributed by atoms with E-state index in [4.69, 9.17) is 0 Å². The predicted molar refractivity (Wildman–Crippen MR) is 133 cm³/mol. The van der Waals surface area contributed by atoms with Crippen LogP contribution in [0.1, 0.15) is 22.6 Å². The van der Waals surface area contributed by atoms with Crippen LogP contribution in [0.2, 0.25) is 0 Å². The summed E-state index contributed by atoms with van der Waals surface area (Å²) in [5.74, 6) is -0.703. The molecule has 0 radical (unpaired) electrons. The Bertz CT molecular complexity index is 1340. The van der Waals surface area contributed by atoms with Crippen LogP contribution in [0.5, 0.6) is 0 Å². The molecule has 3 aromatic rings. The molecule has 2 saturated heterocycles. The Kier molecular flexibility index (Phi) is 5.34. The monoisotopic (exact) mass is 488 g/mol. The quantitative estimate of drug-likeness (QED) is 0.514. The van der Waals surface area contributed by atoms with Crippen molar-refractivity contribution in [2.24, 2.45) is 5.92 Å². The topological polar surface area (TPSA) is 49.4 Å². The van der Waals surface area contributed by atoms with E-state index >= 15 is 0 Å². The molecule has 6 rings (SSSR count). The molecule has 0 unspecified atom stereocenters. The van der Waals surface area contributed by atoms with Crippen LogP contribution in [0.15, 0.2) is 78.9 Å². The lowest BCUT2D eigenvalue weighted by atomic mass is 9.70. The number of ketones is 1. The van der Waals surface area contributed by atoms with Gasteiger partial charge in [-0.05, 0) is 47.5 Å². The number of benzene rings is 3. The zero-order valence-electron chi connectivity index (χ0n) is 18.7. The molecule has 2 fully saturated rings. The third-order valence-electron chi connectivity index (χ3n) is 7.40. The molecular formula is C28H22F2N2O2S. The summed E-state index contributed by atoms with van der Waals surface area (Å²) in [7, 11) is 0. The van der Waals surface area contributed by atoms with Crippen molar-refractivity contribution >= 4 is 35.2 Å². The Morgan fingerprint density at radius 2 is 1.69 bits per heavy atom. The van der Waals surface area contributed by atoms with Crippen LogP contribution in [0.25, 0.3) is 6.08 Å². The summed E-state index contributed by atoms with van der Waals surface area (Å²) in [4.78, 5) is 30.0. The maximum Gasteiger partial charge on any atom is 0.250 e. The largest absolute Gasteiger partial charge is 0.324 e. The molecule has 176 valence electrons. The second kappa shape index (κ2) is 8.43. The van der Waals surface area contributed by atoms with Gasteiger partial charge in [-0.2, -0.15) is 0 Å². The number of rotatable bonds is 4. The van der Waals surface area contributed by atoms with Gasteiger partial charge in [-0.1, -0.05) is 48.5 Å². The van der Waals surface area contributed by atoms with Crippen molar-refractivity contribution in [1.29, 1.82) is 0 Å². The van der Waals surface area contributed by atoms with Crippen LogP contribution >= 0.6 is 11.8 Å².